The van der Waals surface area contributed by atoms with Crippen LogP contribution in [0.3, 0.4) is 0 Å². The predicted molar refractivity (Wildman–Crippen MR) is 213 cm³/mol. The van der Waals surface area contributed by atoms with E-state index in [2.05, 4.69) is 81.3 Å². The summed E-state index contributed by atoms with van der Waals surface area (Å²) in [6.07, 6.45) is 11.1. The summed E-state index contributed by atoms with van der Waals surface area (Å²) in [6, 6.07) is 2.04. The number of quaternary nitrogens is 2. The van der Waals surface area contributed by atoms with E-state index in [9.17, 15) is 10.2 Å². The lowest BCUT2D eigenvalue weighted by atomic mass is 10.2. The molecule has 0 radical (unpaired) electrons. The van der Waals surface area contributed by atoms with Crippen LogP contribution in [0.15, 0.2) is 0 Å². The Bertz CT molecular complexity index is 696. The van der Waals surface area contributed by atoms with E-state index in [0.29, 0.717) is 26.4 Å². The third-order valence-corrected chi connectivity index (χ3v) is 19.9. The van der Waals surface area contributed by atoms with E-state index in [1.807, 2.05) is 0 Å². The van der Waals surface area contributed by atoms with Gasteiger partial charge in [0.05, 0.1) is 54.5 Å². The van der Waals surface area contributed by atoms with Crippen LogP contribution in [0.1, 0.15) is 92.9 Å². The minimum atomic E-state index is -2.28. The Morgan fingerprint density at radius 3 is 1.16 bits per heavy atom. The summed E-state index contributed by atoms with van der Waals surface area (Å²) in [7, 11) is 2.73. The number of ether oxygens (including phenoxy) is 2. The van der Waals surface area contributed by atoms with E-state index >= 15 is 0 Å². The van der Waals surface area contributed by atoms with Gasteiger partial charge in [-0.2, -0.15) is 0 Å². The van der Waals surface area contributed by atoms with Gasteiger partial charge in [-0.05, 0) is 89.9 Å². The summed E-state index contributed by atoms with van der Waals surface area (Å²) in [5.41, 5.74) is 0. The van der Waals surface area contributed by atoms with E-state index < -0.39 is 37.4 Å². The number of hydrogen-bond donors (Lipinski definition) is 2. The highest BCUT2D eigenvalue weighted by Gasteiger charge is 2.39. The van der Waals surface area contributed by atoms with Gasteiger partial charge in [-0.1, -0.05) is 54.4 Å². The number of halogens is 2. The fraction of sp³-hybridized carbons (Fsp3) is 1.00. The zero-order valence-corrected chi connectivity index (χ0v) is 37.5. The molecule has 2 N–H and O–H groups in total. The standard InChI is InChI=1S/C34H80N2O6Si3.2CH4.2ClH/c1-13-15-17-19-23-35(3,4)29-33(37)31-39-25-21-27-43(7,8)41-45(11,12)42-44(9,10)28-22-26-40-32-34(38)30-36(5,6)24-20-18-16-14-2;;;;/h33-34,37-38H,13-32H2,1-12H3;2*1H4;2*1H/q+2;;;;/p-2. The molecule has 0 rings (SSSR count). The Morgan fingerprint density at radius 1 is 0.531 bits per heavy atom. The van der Waals surface area contributed by atoms with Gasteiger partial charge in [-0.15, -0.1) is 0 Å². The molecule has 0 aliphatic rings. The molecule has 0 aromatic rings. The minimum absolute atomic E-state index is 0. The third kappa shape index (κ3) is 35.7. The number of likely N-dealkylation sites (N-methyl/N-ethyl adjacent to an activating group) is 2. The molecule has 8 nitrogen and oxygen atoms in total. The Hall–Kier alpha value is 0.911. The van der Waals surface area contributed by atoms with Gasteiger partial charge < -0.3 is 61.7 Å². The van der Waals surface area contributed by atoms with Crippen molar-refractivity contribution < 1.29 is 61.7 Å². The normalized spacial score (nSPS) is 13.8. The van der Waals surface area contributed by atoms with Crippen molar-refractivity contribution in [3.8, 4) is 0 Å². The smallest absolute Gasteiger partial charge is 0.311 e. The summed E-state index contributed by atoms with van der Waals surface area (Å²) in [5.74, 6) is 0. The van der Waals surface area contributed by atoms with Crippen LogP contribution in [0.4, 0.5) is 0 Å². The fourth-order valence-corrected chi connectivity index (χ4v) is 20.5. The minimum Gasteiger partial charge on any atom is -1.00 e. The van der Waals surface area contributed by atoms with Gasteiger partial charge in [0.2, 0.25) is 0 Å². The molecule has 0 fully saturated rings. The zero-order chi connectivity index (χ0) is 34.6. The van der Waals surface area contributed by atoms with Crippen molar-refractivity contribution in [1.82, 2.24) is 0 Å². The average Bonchev–Trinajstić information content (AvgIpc) is 2.86. The molecule has 0 spiro atoms. The van der Waals surface area contributed by atoms with E-state index in [1.165, 1.54) is 51.4 Å². The molecular formula is C36H88Cl2N2O6Si3. The summed E-state index contributed by atoms with van der Waals surface area (Å²) >= 11 is 0. The van der Waals surface area contributed by atoms with Crippen molar-refractivity contribution in [2.24, 2.45) is 0 Å². The van der Waals surface area contributed by atoms with Gasteiger partial charge in [0, 0.05) is 13.2 Å². The first-order chi connectivity index (χ1) is 20.7. The highest BCUT2D eigenvalue weighted by atomic mass is 35.5. The molecule has 0 aliphatic carbocycles. The molecule has 0 bridgehead atoms. The van der Waals surface area contributed by atoms with Crippen LogP contribution >= 0.6 is 0 Å². The van der Waals surface area contributed by atoms with E-state index in [4.69, 9.17) is 17.7 Å². The number of hydrogen-bond acceptors (Lipinski definition) is 6. The van der Waals surface area contributed by atoms with E-state index in [0.717, 1.165) is 60.1 Å². The third-order valence-electron chi connectivity index (χ3n) is 8.44. The maximum atomic E-state index is 10.5. The van der Waals surface area contributed by atoms with Gasteiger partial charge in [0.15, 0.2) is 16.6 Å². The van der Waals surface area contributed by atoms with Crippen molar-refractivity contribution in [2.45, 2.75) is 156 Å². The van der Waals surface area contributed by atoms with Crippen LogP contribution in [0.2, 0.25) is 51.4 Å². The van der Waals surface area contributed by atoms with Crippen LogP contribution in [-0.2, 0) is 17.7 Å². The van der Waals surface area contributed by atoms with Crippen molar-refractivity contribution in [1.29, 1.82) is 0 Å². The Labute approximate surface area is 322 Å². The molecule has 0 heterocycles. The quantitative estimate of drug-likeness (QED) is 0.0661. The van der Waals surface area contributed by atoms with Crippen LogP contribution in [0, 0.1) is 0 Å². The number of rotatable bonds is 30. The summed E-state index contributed by atoms with van der Waals surface area (Å²) in [5, 5.41) is 21.0. The number of aliphatic hydroxyl groups is 2. The largest absolute Gasteiger partial charge is 1.00 e. The van der Waals surface area contributed by atoms with Crippen molar-refractivity contribution in [2.75, 3.05) is 80.8 Å². The van der Waals surface area contributed by atoms with E-state index in [-0.39, 0.29) is 39.7 Å². The van der Waals surface area contributed by atoms with Gasteiger partial charge in [-0.3, -0.25) is 0 Å². The second-order valence-electron chi connectivity index (χ2n) is 16.6. The zero-order valence-electron chi connectivity index (χ0n) is 33.0. The van der Waals surface area contributed by atoms with Crippen LogP contribution < -0.4 is 24.8 Å². The first kappa shape index (κ1) is 59.2. The monoisotopic (exact) mass is 799 g/mol. The molecule has 2 atom stereocenters. The Kier molecular flexibility index (Phi) is 36.6. The molecule has 0 aromatic carbocycles. The van der Waals surface area contributed by atoms with Crippen molar-refractivity contribution >= 4 is 25.2 Å². The molecule has 0 saturated carbocycles. The van der Waals surface area contributed by atoms with Crippen LogP contribution in [0.5, 0.6) is 0 Å². The maximum absolute atomic E-state index is 10.5. The molecule has 13 heteroatoms. The molecule has 2 unspecified atom stereocenters. The number of unbranched alkanes of at least 4 members (excludes halogenated alkanes) is 6. The van der Waals surface area contributed by atoms with Gasteiger partial charge in [0.25, 0.3) is 0 Å². The average molecular weight is 800 g/mol. The molecule has 49 heavy (non-hydrogen) atoms. The fourth-order valence-electron chi connectivity index (χ4n) is 6.45. The number of aliphatic hydroxyl groups excluding tert-OH is 2. The molecule has 0 aromatic heterocycles. The Morgan fingerprint density at radius 2 is 0.857 bits per heavy atom. The molecule has 0 amide bonds. The molecular weight excluding hydrogens is 712 g/mol. The lowest BCUT2D eigenvalue weighted by Gasteiger charge is -2.38. The van der Waals surface area contributed by atoms with Gasteiger partial charge >= 0.3 is 8.56 Å². The summed E-state index contributed by atoms with van der Waals surface area (Å²) in [6.45, 7) is 23.8. The Balaban J connectivity index is -0.00000161. The maximum Gasteiger partial charge on any atom is 0.311 e. The van der Waals surface area contributed by atoms with Crippen molar-refractivity contribution in [3.63, 3.8) is 0 Å². The lowest BCUT2D eigenvalue weighted by molar-refractivity contribution is -0.893. The van der Waals surface area contributed by atoms with Crippen LogP contribution in [-0.4, -0.2) is 137 Å². The molecule has 304 valence electrons. The van der Waals surface area contributed by atoms with Crippen LogP contribution in [0.25, 0.3) is 0 Å². The first-order valence-corrected chi connectivity index (χ1v) is 27.3. The highest BCUT2D eigenvalue weighted by Crippen LogP contribution is 2.26. The second-order valence-corrected chi connectivity index (χ2v) is 29.1. The predicted octanol–water partition coefficient (Wildman–Crippen LogP) is 2.26. The summed E-state index contributed by atoms with van der Waals surface area (Å²) < 4.78 is 27.0. The number of nitrogens with zero attached hydrogens (tertiary/aromatic N) is 2. The molecule has 0 saturated heterocycles. The van der Waals surface area contributed by atoms with Crippen molar-refractivity contribution in [3.05, 3.63) is 0 Å². The van der Waals surface area contributed by atoms with Gasteiger partial charge in [0.1, 0.15) is 25.3 Å². The molecule has 0 aliphatic heterocycles. The SMILES string of the molecule is C.C.CCCCCC[N+](C)(C)CC(O)COCCC[Si](C)(C)O[Si](C)(C)O[Si](C)(C)CCCOCC(O)C[N+](C)(C)CCCCCC.[Cl-].[Cl-]. The van der Waals surface area contributed by atoms with Gasteiger partial charge in [-0.25, -0.2) is 0 Å². The second kappa shape index (κ2) is 30.3. The highest BCUT2D eigenvalue weighted by molar-refractivity contribution is 6.87. The summed E-state index contributed by atoms with van der Waals surface area (Å²) in [4.78, 5) is 0. The lowest BCUT2D eigenvalue weighted by Crippen LogP contribution is -3.00. The van der Waals surface area contributed by atoms with E-state index in [1.54, 1.807) is 0 Å². The topological polar surface area (TPSA) is 77.4 Å². The first-order valence-electron chi connectivity index (χ1n) is 18.3.